The van der Waals surface area contributed by atoms with Crippen molar-refractivity contribution in [3.8, 4) is 0 Å². The van der Waals surface area contributed by atoms with Crippen molar-refractivity contribution in [3.05, 3.63) is 66.0 Å². The largest absolute Gasteiger partial charge is 0.350 e. The molecule has 0 bridgehead atoms. The van der Waals surface area contributed by atoms with Gasteiger partial charge in [0.05, 0.1) is 6.04 Å². The first-order valence-electron chi connectivity index (χ1n) is 13.9. The van der Waals surface area contributed by atoms with Crippen molar-refractivity contribution in [1.29, 1.82) is 0 Å². The molecule has 40 heavy (non-hydrogen) atoms. The van der Waals surface area contributed by atoms with Gasteiger partial charge in [0.2, 0.25) is 21.8 Å². The monoisotopic (exact) mass is 573 g/mol. The van der Waals surface area contributed by atoms with E-state index in [0.29, 0.717) is 44.1 Å². The van der Waals surface area contributed by atoms with Crippen LogP contribution in [0.25, 0.3) is 0 Å². The number of benzene rings is 2. The Labute approximate surface area is 236 Å². The summed E-state index contributed by atoms with van der Waals surface area (Å²) < 4.78 is 40.5. The summed E-state index contributed by atoms with van der Waals surface area (Å²) in [5.74, 6) is -1.15. The number of amides is 2. The highest BCUT2D eigenvalue weighted by atomic mass is 32.2. The molecule has 0 aromatic heterocycles. The van der Waals surface area contributed by atoms with Gasteiger partial charge in [-0.1, -0.05) is 37.3 Å². The lowest BCUT2D eigenvalue weighted by molar-refractivity contribution is -0.126. The van der Waals surface area contributed by atoms with Gasteiger partial charge < -0.3 is 16.4 Å². The fourth-order valence-electron chi connectivity index (χ4n) is 4.96. The summed E-state index contributed by atoms with van der Waals surface area (Å²) >= 11 is 0. The van der Waals surface area contributed by atoms with Gasteiger partial charge in [-0.3, -0.25) is 14.5 Å². The zero-order valence-corrected chi connectivity index (χ0v) is 23.9. The van der Waals surface area contributed by atoms with Crippen LogP contribution in [0.5, 0.6) is 0 Å². The molecule has 1 aliphatic heterocycles. The summed E-state index contributed by atoms with van der Waals surface area (Å²) in [6.45, 7) is 4.90. The lowest BCUT2D eigenvalue weighted by atomic mass is 9.92. The molecule has 1 saturated heterocycles. The SMILES string of the molecule is C[C@H](C[C@H](N)[C@H](Cc1ccccc1)NC(=O)[C@H](C)N1CCN(CC2CC2)S(=O)(=O)C1)C(=O)Nc1ccc(F)cc1. The lowest BCUT2D eigenvalue weighted by Gasteiger charge is -2.37. The standard InChI is InChI=1S/C29H40FN5O4S/c1-20(28(36)32-25-12-10-24(30)11-13-25)16-26(31)27(17-22-6-4-3-5-7-22)33-29(37)21(2)34-14-15-35(18-23-8-9-23)40(38,39)19-34/h3-7,10-13,20-21,23,26-27H,8-9,14-19,31H2,1-2H3,(H,32,36)(H,33,37)/t20-,21+,26+,27+/m1/s1. The van der Waals surface area contributed by atoms with E-state index >= 15 is 0 Å². The Kier molecular flexibility index (Phi) is 9.94. The number of nitrogens with zero attached hydrogens (tertiary/aromatic N) is 2. The summed E-state index contributed by atoms with van der Waals surface area (Å²) in [4.78, 5) is 27.9. The summed E-state index contributed by atoms with van der Waals surface area (Å²) in [7, 11) is -3.46. The minimum absolute atomic E-state index is 0.190. The molecule has 2 fully saturated rings. The Morgan fingerprint density at radius 1 is 1.02 bits per heavy atom. The van der Waals surface area contributed by atoms with Crippen LogP contribution in [0.4, 0.5) is 10.1 Å². The molecule has 4 atom stereocenters. The number of hydrogen-bond donors (Lipinski definition) is 3. The van der Waals surface area contributed by atoms with E-state index in [4.69, 9.17) is 5.73 Å². The van der Waals surface area contributed by atoms with Gasteiger partial charge in [-0.05, 0) is 68.4 Å². The second-order valence-corrected chi connectivity index (χ2v) is 13.1. The van der Waals surface area contributed by atoms with Crippen LogP contribution >= 0.6 is 0 Å². The van der Waals surface area contributed by atoms with Gasteiger partial charge in [0, 0.05) is 43.3 Å². The Morgan fingerprint density at radius 2 is 1.70 bits per heavy atom. The van der Waals surface area contributed by atoms with E-state index in [9.17, 15) is 22.4 Å². The molecule has 1 aliphatic carbocycles. The molecule has 2 aliphatic rings. The molecule has 218 valence electrons. The maximum atomic E-state index is 13.4. The number of hydrogen-bond acceptors (Lipinski definition) is 6. The van der Waals surface area contributed by atoms with Crippen molar-refractivity contribution in [1.82, 2.24) is 14.5 Å². The van der Waals surface area contributed by atoms with E-state index in [0.717, 1.165) is 18.4 Å². The minimum Gasteiger partial charge on any atom is -0.350 e. The molecular formula is C29H40FN5O4S. The number of nitrogens with two attached hydrogens (primary N) is 1. The number of carbonyl (C=O) groups excluding carboxylic acids is 2. The number of nitrogens with one attached hydrogen (secondary N) is 2. The molecule has 0 spiro atoms. The molecule has 2 aromatic carbocycles. The Hall–Kier alpha value is -2.86. The maximum absolute atomic E-state index is 13.4. The molecule has 2 aromatic rings. The van der Waals surface area contributed by atoms with Crippen LogP contribution in [0.2, 0.25) is 0 Å². The number of halogens is 1. The van der Waals surface area contributed by atoms with Crippen molar-refractivity contribution in [2.75, 3.05) is 30.8 Å². The van der Waals surface area contributed by atoms with Gasteiger partial charge in [-0.15, -0.1) is 0 Å². The van der Waals surface area contributed by atoms with E-state index in [1.165, 1.54) is 24.3 Å². The predicted octanol–water partition coefficient (Wildman–Crippen LogP) is 2.55. The first-order valence-corrected chi connectivity index (χ1v) is 15.5. The molecule has 9 nitrogen and oxygen atoms in total. The maximum Gasteiger partial charge on any atom is 0.237 e. The highest BCUT2D eigenvalue weighted by molar-refractivity contribution is 7.89. The molecule has 4 N–H and O–H groups in total. The highest BCUT2D eigenvalue weighted by Gasteiger charge is 2.38. The van der Waals surface area contributed by atoms with Crippen LogP contribution < -0.4 is 16.4 Å². The van der Waals surface area contributed by atoms with Crippen LogP contribution in [-0.4, -0.2) is 73.1 Å². The Balaban J connectivity index is 1.39. The number of anilines is 1. The van der Waals surface area contributed by atoms with E-state index < -0.39 is 34.1 Å². The van der Waals surface area contributed by atoms with E-state index in [-0.39, 0.29) is 23.5 Å². The first kappa shape index (κ1) is 30.1. The van der Waals surface area contributed by atoms with Gasteiger partial charge in [0.15, 0.2) is 0 Å². The fraction of sp³-hybridized carbons (Fsp3) is 0.517. The molecule has 11 heteroatoms. The zero-order valence-electron chi connectivity index (χ0n) is 23.1. The summed E-state index contributed by atoms with van der Waals surface area (Å²) in [5.41, 5.74) is 8.07. The van der Waals surface area contributed by atoms with Crippen LogP contribution in [0, 0.1) is 17.7 Å². The predicted molar refractivity (Wildman–Crippen MR) is 153 cm³/mol. The van der Waals surface area contributed by atoms with Crippen molar-refractivity contribution >= 4 is 27.5 Å². The fourth-order valence-corrected chi connectivity index (χ4v) is 6.69. The van der Waals surface area contributed by atoms with Crippen molar-refractivity contribution in [3.63, 3.8) is 0 Å². The van der Waals surface area contributed by atoms with Gasteiger partial charge >= 0.3 is 0 Å². The minimum atomic E-state index is -3.46. The molecule has 1 heterocycles. The van der Waals surface area contributed by atoms with Crippen molar-refractivity contribution in [2.24, 2.45) is 17.6 Å². The van der Waals surface area contributed by atoms with Gasteiger partial charge in [-0.2, -0.15) is 4.31 Å². The summed E-state index contributed by atoms with van der Waals surface area (Å²) in [6.07, 6.45) is 2.90. The molecule has 4 rings (SSSR count). The second kappa shape index (κ2) is 13.2. The van der Waals surface area contributed by atoms with E-state index in [1.54, 1.807) is 23.1 Å². The van der Waals surface area contributed by atoms with Crippen LogP contribution in [0.1, 0.15) is 38.7 Å². The Bertz CT molecular complexity index is 1260. The van der Waals surface area contributed by atoms with Crippen LogP contribution in [-0.2, 0) is 26.0 Å². The topological polar surface area (TPSA) is 125 Å². The van der Waals surface area contributed by atoms with E-state index in [2.05, 4.69) is 10.6 Å². The molecule has 1 saturated carbocycles. The number of rotatable bonds is 12. The molecule has 2 amide bonds. The summed E-state index contributed by atoms with van der Waals surface area (Å²) in [6, 6.07) is 13.5. The first-order chi connectivity index (χ1) is 19.0. The quantitative estimate of drug-likeness (QED) is 0.359. The normalized spacial score (nSPS) is 20.7. The average Bonchev–Trinajstić information content (AvgIpc) is 3.75. The third-order valence-corrected chi connectivity index (χ3v) is 9.55. The average molecular weight is 574 g/mol. The Morgan fingerprint density at radius 3 is 2.33 bits per heavy atom. The smallest absolute Gasteiger partial charge is 0.237 e. The van der Waals surface area contributed by atoms with Crippen LogP contribution in [0.15, 0.2) is 54.6 Å². The second-order valence-electron chi connectivity index (χ2n) is 11.1. The third kappa shape index (κ3) is 8.33. The molecule has 0 unspecified atom stereocenters. The molecule has 0 radical (unpaired) electrons. The summed E-state index contributed by atoms with van der Waals surface area (Å²) in [5, 5.41) is 5.83. The van der Waals surface area contributed by atoms with Crippen molar-refractivity contribution < 1.29 is 22.4 Å². The van der Waals surface area contributed by atoms with Gasteiger partial charge in [0.1, 0.15) is 11.7 Å². The number of carbonyl (C=O) groups is 2. The van der Waals surface area contributed by atoms with E-state index in [1.807, 2.05) is 30.3 Å². The van der Waals surface area contributed by atoms with Gasteiger partial charge in [0.25, 0.3) is 0 Å². The third-order valence-electron chi connectivity index (χ3n) is 7.77. The van der Waals surface area contributed by atoms with Gasteiger partial charge in [-0.25, -0.2) is 12.8 Å². The highest BCUT2D eigenvalue weighted by Crippen LogP contribution is 2.31. The lowest BCUT2D eigenvalue weighted by Crippen LogP contribution is -2.59. The zero-order chi connectivity index (χ0) is 28.9. The van der Waals surface area contributed by atoms with Crippen molar-refractivity contribution in [2.45, 2.75) is 57.7 Å². The van der Waals surface area contributed by atoms with Crippen LogP contribution in [0.3, 0.4) is 0 Å². The number of sulfonamides is 1. The molecular weight excluding hydrogens is 533 g/mol.